The van der Waals surface area contributed by atoms with Gasteiger partial charge in [-0.05, 0) is 29.5 Å². The molecule has 26 heavy (non-hydrogen) atoms. The Bertz CT molecular complexity index is 813. The molecule has 7 heteroatoms. The van der Waals surface area contributed by atoms with Gasteiger partial charge in [-0.1, -0.05) is 29.4 Å². The van der Waals surface area contributed by atoms with E-state index in [0.717, 1.165) is 16.7 Å². The van der Waals surface area contributed by atoms with Gasteiger partial charge in [-0.15, -0.1) is 0 Å². The highest BCUT2D eigenvalue weighted by atomic mass is 32.1. The molecule has 3 rings (SSSR count). The molecular formula is C19H21N3O3S. The van der Waals surface area contributed by atoms with Crippen molar-refractivity contribution in [1.82, 2.24) is 15.5 Å². The fourth-order valence-corrected chi connectivity index (χ4v) is 2.98. The number of ether oxygens (including phenoxy) is 1. The van der Waals surface area contributed by atoms with Crippen molar-refractivity contribution in [3.05, 3.63) is 58.1 Å². The van der Waals surface area contributed by atoms with Crippen LogP contribution in [0.5, 0.6) is 0 Å². The van der Waals surface area contributed by atoms with E-state index in [0.29, 0.717) is 44.3 Å². The summed E-state index contributed by atoms with van der Waals surface area (Å²) in [5, 5.41) is 10.8. The number of carbonyl (C=O) groups is 1. The zero-order chi connectivity index (χ0) is 18.2. The van der Waals surface area contributed by atoms with Crippen molar-refractivity contribution in [2.45, 2.75) is 32.9 Å². The predicted octanol–water partition coefficient (Wildman–Crippen LogP) is 3.58. The molecule has 2 heterocycles. The zero-order valence-corrected chi connectivity index (χ0v) is 15.4. The minimum Gasteiger partial charge on any atom is -0.377 e. The van der Waals surface area contributed by atoms with Gasteiger partial charge >= 0.3 is 0 Å². The quantitative estimate of drug-likeness (QED) is 0.622. The van der Waals surface area contributed by atoms with E-state index in [1.54, 1.807) is 11.3 Å². The van der Waals surface area contributed by atoms with Crippen LogP contribution >= 0.6 is 11.3 Å². The highest BCUT2D eigenvalue weighted by Crippen LogP contribution is 2.19. The Morgan fingerprint density at radius 1 is 1.23 bits per heavy atom. The minimum absolute atomic E-state index is 0.0429. The summed E-state index contributed by atoms with van der Waals surface area (Å²) in [5.74, 6) is 0.995. The van der Waals surface area contributed by atoms with Crippen LogP contribution in [0.2, 0.25) is 0 Å². The van der Waals surface area contributed by atoms with Crippen molar-refractivity contribution in [2.75, 3.05) is 6.61 Å². The number of hydrogen-bond acceptors (Lipinski definition) is 6. The fourth-order valence-electron chi connectivity index (χ4n) is 2.35. The van der Waals surface area contributed by atoms with E-state index in [1.807, 2.05) is 48.0 Å². The molecule has 0 fully saturated rings. The lowest BCUT2D eigenvalue weighted by Gasteiger charge is -2.06. The van der Waals surface area contributed by atoms with Crippen LogP contribution in [-0.2, 0) is 29.1 Å². The second-order valence-electron chi connectivity index (χ2n) is 5.75. The Balaban J connectivity index is 1.41. The number of nitrogens with zero attached hydrogens (tertiary/aromatic N) is 2. The second-order valence-corrected chi connectivity index (χ2v) is 6.53. The maximum Gasteiger partial charge on any atom is 0.227 e. The Morgan fingerprint density at radius 3 is 2.77 bits per heavy atom. The van der Waals surface area contributed by atoms with E-state index >= 15 is 0 Å². The predicted molar refractivity (Wildman–Crippen MR) is 99.6 cm³/mol. The molecule has 2 aromatic heterocycles. The van der Waals surface area contributed by atoms with Crippen LogP contribution in [0.15, 0.2) is 45.6 Å². The standard InChI is InChI=1S/C19H21N3O3S/c1-2-24-12-15-5-3-14(4-6-15)11-20-17(23)7-8-18-21-19(22-25-18)16-9-10-26-13-16/h3-6,9-10,13H,2,7-8,11-12H2,1H3,(H,20,23). The van der Waals surface area contributed by atoms with Crippen molar-refractivity contribution in [3.8, 4) is 11.4 Å². The van der Waals surface area contributed by atoms with Gasteiger partial charge in [-0.3, -0.25) is 4.79 Å². The van der Waals surface area contributed by atoms with Crippen molar-refractivity contribution in [2.24, 2.45) is 0 Å². The number of hydrogen-bond donors (Lipinski definition) is 1. The summed E-state index contributed by atoms with van der Waals surface area (Å²) in [5.41, 5.74) is 3.11. The molecule has 3 aromatic rings. The molecule has 136 valence electrons. The number of aryl methyl sites for hydroxylation is 1. The first-order chi connectivity index (χ1) is 12.7. The van der Waals surface area contributed by atoms with Gasteiger partial charge in [0.15, 0.2) is 0 Å². The smallest absolute Gasteiger partial charge is 0.227 e. The number of thiophene rings is 1. The summed E-state index contributed by atoms with van der Waals surface area (Å²) in [4.78, 5) is 16.3. The van der Waals surface area contributed by atoms with Gasteiger partial charge < -0.3 is 14.6 Å². The summed E-state index contributed by atoms with van der Waals surface area (Å²) in [6, 6.07) is 9.97. The number of carbonyl (C=O) groups excluding carboxylic acids is 1. The van der Waals surface area contributed by atoms with Crippen LogP contribution in [0, 0.1) is 0 Å². The summed E-state index contributed by atoms with van der Waals surface area (Å²) in [6.45, 7) is 3.78. The molecule has 0 aliphatic carbocycles. The highest BCUT2D eigenvalue weighted by molar-refractivity contribution is 7.08. The van der Waals surface area contributed by atoms with Crippen LogP contribution in [0.25, 0.3) is 11.4 Å². The third-order valence-corrected chi connectivity index (χ3v) is 4.48. The van der Waals surface area contributed by atoms with Crippen LogP contribution in [0.3, 0.4) is 0 Å². The third-order valence-electron chi connectivity index (χ3n) is 3.80. The Labute approximate surface area is 156 Å². The molecule has 0 saturated heterocycles. The molecule has 0 unspecified atom stereocenters. The fraction of sp³-hybridized carbons (Fsp3) is 0.316. The van der Waals surface area contributed by atoms with Gasteiger partial charge in [0.1, 0.15) is 0 Å². The van der Waals surface area contributed by atoms with Gasteiger partial charge in [0.05, 0.1) is 6.61 Å². The van der Waals surface area contributed by atoms with Gasteiger partial charge in [-0.25, -0.2) is 0 Å². The molecule has 0 aliphatic rings. The molecule has 0 bridgehead atoms. The number of aromatic nitrogens is 2. The molecule has 1 N–H and O–H groups in total. The van der Waals surface area contributed by atoms with Crippen LogP contribution in [0.1, 0.15) is 30.4 Å². The molecule has 1 aromatic carbocycles. The van der Waals surface area contributed by atoms with Crippen LogP contribution in [-0.4, -0.2) is 22.7 Å². The maximum absolute atomic E-state index is 12.0. The molecule has 0 atom stereocenters. The van der Waals surface area contributed by atoms with Crippen LogP contribution < -0.4 is 5.32 Å². The molecule has 6 nitrogen and oxygen atoms in total. The normalized spacial score (nSPS) is 10.8. The van der Waals surface area contributed by atoms with Gasteiger partial charge in [0.2, 0.25) is 17.6 Å². The molecule has 0 radical (unpaired) electrons. The maximum atomic E-state index is 12.0. The van der Waals surface area contributed by atoms with E-state index in [9.17, 15) is 4.79 Å². The van der Waals surface area contributed by atoms with Crippen molar-refractivity contribution >= 4 is 17.2 Å². The Kier molecular flexibility index (Phi) is 6.51. The van der Waals surface area contributed by atoms with E-state index in [-0.39, 0.29) is 5.91 Å². The lowest BCUT2D eigenvalue weighted by Crippen LogP contribution is -2.23. The third kappa shape index (κ3) is 5.24. The van der Waals surface area contributed by atoms with E-state index in [2.05, 4.69) is 15.5 Å². The monoisotopic (exact) mass is 371 g/mol. The average molecular weight is 371 g/mol. The molecule has 1 amide bonds. The minimum atomic E-state index is -0.0429. The van der Waals surface area contributed by atoms with Crippen molar-refractivity contribution in [3.63, 3.8) is 0 Å². The summed E-state index contributed by atoms with van der Waals surface area (Å²) < 4.78 is 10.6. The van der Waals surface area contributed by atoms with E-state index < -0.39 is 0 Å². The lowest BCUT2D eigenvalue weighted by molar-refractivity contribution is -0.121. The first-order valence-corrected chi connectivity index (χ1v) is 9.46. The summed E-state index contributed by atoms with van der Waals surface area (Å²) in [6.07, 6.45) is 0.740. The summed E-state index contributed by atoms with van der Waals surface area (Å²) >= 11 is 1.58. The Hall–Kier alpha value is -2.51. The van der Waals surface area contributed by atoms with Gasteiger partial charge in [-0.2, -0.15) is 16.3 Å². The summed E-state index contributed by atoms with van der Waals surface area (Å²) in [7, 11) is 0. The topological polar surface area (TPSA) is 77.2 Å². The lowest BCUT2D eigenvalue weighted by atomic mass is 10.1. The number of rotatable bonds is 9. The molecule has 0 aliphatic heterocycles. The van der Waals surface area contributed by atoms with E-state index in [1.165, 1.54) is 0 Å². The first-order valence-electron chi connectivity index (χ1n) is 8.52. The van der Waals surface area contributed by atoms with Crippen molar-refractivity contribution in [1.29, 1.82) is 0 Å². The first kappa shape index (κ1) is 18.3. The molecule has 0 spiro atoms. The van der Waals surface area contributed by atoms with Crippen molar-refractivity contribution < 1.29 is 14.1 Å². The van der Waals surface area contributed by atoms with Gasteiger partial charge in [0, 0.05) is 36.9 Å². The number of amides is 1. The molecule has 0 saturated carbocycles. The number of nitrogens with one attached hydrogen (secondary N) is 1. The average Bonchev–Trinajstić information content (AvgIpc) is 3.35. The second kappa shape index (κ2) is 9.26. The largest absolute Gasteiger partial charge is 0.377 e. The highest BCUT2D eigenvalue weighted by Gasteiger charge is 2.11. The van der Waals surface area contributed by atoms with E-state index in [4.69, 9.17) is 9.26 Å². The molecular weight excluding hydrogens is 350 g/mol. The zero-order valence-electron chi connectivity index (χ0n) is 14.6. The SMILES string of the molecule is CCOCc1ccc(CNC(=O)CCc2nc(-c3ccsc3)no2)cc1. The van der Waals surface area contributed by atoms with Crippen LogP contribution in [0.4, 0.5) is 0 Å². The van der Waals surface area contributed by atoms with Gasteiger partial charge in [0.25, 0.3) is 0 Å². The Morgan fingerprint density at radius 2 is 2.04 bits per heavy atom. The number of benzene rings is 1.